The molecule has 0 saturated carbocycles. The lowest BCUT2D eigenvalue weighted by Gasteiger charge is -2.11. The fourth-order valence-corrected chi connectivity index (χ4v) is 3.33. The summed E-state index contributed by atoms with van der Waals surface area (Å²) >= 11 is 3.40. The van der Waals surface area contributed by atoms with E-state index in [1.807, 2.05) is 48.5 Å². The van der Waals surface area contributed by atoms with Crippen molar-refractivity contribution in [1.82, 2.24) is 10.2 Å². The Bertz CT molecular complexity index is 1130. The van der Waals surface area contributed by atoms with Crippen LogP contribution in [0.5, 0.6) is 5.75 Å². The third-order valence-electron chi connectivity index (χ3n) is 4.73. The van der Waals surface area contributed by atoms with Crippen LogP contribution in [0.1, 0.15) is 16.7 Å². The summed E-state index contributed by atoms with van der Waals surface area (Å²) in [6.45, 7) is 0.520. The molecule has 156 valence electrons. The normalized spacial score (nSPS) is 14.8. The van der Waals surface area contributed by atoms with Gasteiger partial charge in [-0.2, -0.15) is 0 Å². The summed E-state index contributed by atoms with van der Waals surface area (Å²) in [7, 11) is 0. The van der Waals surface area contributed by atoms with Crippen molar-refractivity contribution in [1.29, 1.82) is 0 Å². The molecule has 1 aliphatic heterocycles. The minimum Gasteiger partial charge on any atom is -0.489 e. The van der Waals surface area contributed by atoms with Crippen LogP contribution in [-0.4, -0.2) is 16.8 Å². The molecule has 5 nitrogen and oxygen atoms in total. The van der Waals surface area contributed by atoms with Crippen LogP contribution in [0, 0.1) is 5.82 Å². The molecule has 1 aliphatic rings. The molecule has 0 radical (unpaired) electrons. The van der Waals surface area contributed by atoms with E-state index in [1.54, 1.807) is 18.2 Å². The van der Waals surface area contributed by atoms with Gasteiger partial charge in [-0.3, -0.25) is 9.69 Å². The molecule has 1 heterocycles. The van der Waals surface area contributed by atoms with Crippen molar-refractivity contribution in [3.05, 3.63) is 105 Å². The van der Waals surface area contributed by atoms with Crippen LogP contribution < -0.4 is 10.1 Å². The molecule has 0 aromatic heterocycles. The second-order valence-corrected chi connectivity index (χ2v) is 7.91. The van der Waals surface area contributed by atoms with E-state index in [-0.39, 0.29) is 18.1 Å². The number of halogens is 2. The molecule has 1 N–H and O–H groups in total. The van der Waals surface area contributed by atoms with Gasteiger partial charge in [-0.1, -0.05) is 52.3 Å². The largest absolute Gasteiger partial charge is 0.489 e. The predicted molar refractivity (Wildman–Crippen MR) is 118 cm³/mol. The van der Waals surface area contributed by atoms with Crippen molar-refractivity contribution < 1.29 is 18.7 Å². The first-order valence-corrected chi connectivity index (χ1v) is 10.3. The molecule has 3 aromatic rings. The number of benzene rings is 3. The van der Waals surface area contributed by atoms with Crippen LogP contribution in [-0.2, 0) is 17.9 Å². The van der Waals surface area contributed by atoms with E-state index in [4.69, 9.17) is 4.74 Å². The van der Waals surface area contributed by atoms with Gasteiger partial charge in [0.05, 0.1) is 6.54 Å². The fourth-order valence-electron chi connectivity index (χ4n) is 3.06. The predicted octanol–water partition coefficient (Wildman–Crippen LogP) is 5.26. The number of ether oxygens (including phenoxy) is 1. The first-order chi connectivity index (χ1) is 15.0. The number of nitrogens with one attached hydrogen (secondary N) is 1. The lowest BCUT2D eigenvalue weighted by molar-refractivity contribution is -0.123. The number of imide groups is 1. The first-order valence-electron chi connectivity index (χ1n) is 9.54. The van der Waals surface area contributed by atoms with Gasteiger partial charge < -0.3 is 10.1 Å². The molecule has 3 amide bonds. The minimum absolute atomic E-state index is 0.0745. The number of hydrogen-bond acceptors (Lipinski definition) is 3. The quantitative estimate of drug-likeness (QED) is 0.386. The Morgan fingerprint density at radius 2 is 1.55 bits per heavy atom. The standard InChI is InChI=1S/C24H18BrFN2O3/c25-19-7-1-18(2-8-19)15-31-21-11-5-16(6-12-21)13-22-23(29)28(24(30)27-22)14-17-3-9-20(26)10-4-17/h1-13H,14-15H2,(H,27,30)/b22-13+. The number of carbonyl (C=O) groups excluding carboxylic acids is 2. The van der Waals surface area contributed by atoms with Crippen LogP contribution in [0.15, 0.2) is 83.0 Å². The average molecular weight is 481 g/mol. The highest BCUT2D eigenvalue weighted by molar-refractivity contribution is 9.10. The van der Waals surface area contributed by atoms with E-state index < -0.39 is 11.9 Å². The van der Waals surface area contributed by atoms with Gasteiger partial charge in [0, 0.05) is 4.47 Å². The van der Waals surface area contributed by atoms with E-state index >= 15 is 0 Å². The lowest BCUT2D eigenvalue weighted by atomic mass is 10.1. The second kappa shape index (κ2) is 9.14. The Labute approximate surface area is 187 Å². The maximum atomic E-state index is 13.1. The van der Waals surface area contributed by atoms with Crippen molar-refractivity contribution in [2.75, 3.05) is 0 Å². The third kappa shape index (κ3) is 5.19. The van der Waals surface area contributed by atoms with Crippen LogP contribution in [0.4, 0.5) is 9.18 Å². The summed E-state index contributed by atoms with van der Waals surface area (Å²) in [4.78, 5) is 25.9. The van der Waals surface area contributed by atoms with E-state index in [9.17, 15) is 14.0 Å². The van der Waals surface area contributed by atoms with Gasteiger partial charge >= 0.3 is 6.03 Å². The third-order valence-corrected chi connectivity index (χ3v) is 5.25. The van der Waals surface area contributed by atoms with Gasteiger partial charge in [-0.15, -0.1) is 0 Å². The van der Waals surface area contributed by atoms with Crippen LogP contribution in [0.3, 0.4) is 0 Å². The maximum Gasteiger partial charge on any atom is 0.329 e. The van der Waals surface area contributed by atoms with Crippen molar-refractivity contribution in [3.8, 4) is 5.75 Å². The summed E-state index contributed by atoms with van der Waals surface area (Å²) in [5.74, 6) is -0.0968. The number of carbonyl (C=O) groups is 2. The molecule has 0 bridgehead atoms. The van der Waals surface area contributed by atoms with Gasteiger partial charge in [0.1, 0.15) is 23.9 Å². The maximum absolute atomic E-state index is 13.1. The van der Waals surface area contributed by atoms with Gasteiger partial charge in [-0.25, -0.2) is 9.18 Å². The number of urea groups is 1. The highest BCUT2D eigenvalue weighted by atomic mass is 79.9. The van der Waals surface area contributed by atoms with Crippen molar-refractivity contribution in [2.24, 2.45) is 0 Å². The first kappa shape index (κ1) is 20.8. The zero-order valence-corrected chi connectivity index (χ0v) is 17.9. The Kier molecular flexibility index (Phi) is 6.13. The van der Waals surface area contributed by atoms with Crippen molar-refractivity contribution in [3.63, 3.8) is 0 Å². The van der Waals surface area contributed by atoms with Gasteiger partial charge in [0.2, 0.25) is 0 Å². The summed E-state index contributed by atoms with van der Waals surface area (Å²) in [5, 5.41) is 2.59. The number of nitrogens with zero attached hydrogens (tertiary/aromatic N) is 1. The molecule has 0 aliphatic carbocycles. The topological polar surface area (TPSA) is 58.6 Å². The summed E-state index contributed by atoms with van der Waals surface area (Å²) in [6.07, 6.45) is 1.61. The summed E-state index contributed by atoms with van der Waals surface area (Å²) in [5.41, 5.74) is 2.66. The van der Waals surface area contributed by atoms with E-state index in [1.165, 1.54) is 12.1 Å². The van der Waals surface area contributed by atoms with Crippen LogP contribution in [0.2, 0.25) is 0 Å². The Hall–Kier alpha value is -3.45. The Morgan fingerprint density at radius 3 is 2.23 bits per heavy atom. The van der Waals surface area contributed by atoms with E-state index in [2.05, 4.69) is 21.2 Å². The van der Waals surface area contributed by atoms with Gasteiger partial charge in [0.15, 0.2) is 0 Å². The monoisotopic (exact) mass is 480 g/mol. The second-order valence-electron chi connectivity index (χ2n) is 6.99. The van der Waals surface area contributed by atoms with Crippen LogP contribution >= 0.6 is 15.9 Å². The molecule has 7 heteroatoms. The molecule has 31 heavy (non-hydrogen) atoms. The molecular weight excluding hydrogens is 463 g/mol. The van der Waals surface area contributed by atoms with Crippen molar-refractivity contribution >= 4 is 33.9 Å². The van der Waals surface area contributed by atoms with Crippen molar-refractivity contribution in [2.45, 2.75) is 13.2 Å². The Morgan fingerprint density at radius 1 is 0.903 bits per heavy atom. The van der Waals surface area contributed by atoms with E-state index in [0.717, 1.165) is 20.5 Å². The molecule has 0 atom stereocenters. The van der Waals surface area contributed by atoms with Gasteiger partial charge in [0.25, 0.3) is 5.91 Å². The average Bonchev–Trinajstić information content (AvgIpc) is 3.03. The molecule has 0 spiro atoms. The van der Waals surface area contributed by atoms with Crippen LogP contribution in [0.25, 0.3) is 6.08 Å². The number of hydrogen-bond donors (Lipinski definition) is 1. The zero-order valence-electron chi connectivity index (χ0n) is 16.3. The molecule has 0 unspecified atom stereocenters. The number of rotatable bonds is 6. The molecule has 1 fully saturated rings. The molecule has 4 rings (SSSR count). The molecule has 1 saturated heterocycles. The molecule has 3 aromatic carbocycles. The lowest BCUT2D eigenvalue weighted by Crippen LogP contribution is -2.30. The smallest absolute Gasteiger partial charge is 0.329 e. The minimum atomic E-state index is -0.505. The number of amides is 3. The molecular formula is C24H18BrFN2O3. The van der Waals surface area contributed by atoms with E-state index in [0.29, 0.717) is 17.9 Å². The highest BCUT2D eigenvalue weighted by Crippen LogP contribution is 2.20. The fraction of sp³-hybridized carbons (Fsp3) is 0.0833. The highest BCUT2D eigenvalue weighted by Gasteiger charge is 2.33. The summed E-state index contributed by atoms with van der Waals surface area (Å²) in [6, 6.07) is 20.3. The van der Waals surface area contributed by atoms with Gasteiger partial charge in [-0.05, 0) is 59.2 Å². The zero-order chi connectivity index (χ0) is 21.8. The summed E-state index contributed by atoms with van der Waals surface area (Å²) < 4.78 is 19.8. The Balaban J connectivity index is 1.39. The SMILES string of the molecule is O=C1N/C(=C/c2ccc(OCc3ccc(Br)cc3)cc2)C(=O)N1Cc1ccc(F)cc1.